The molecule has 0 saturated carbocycles. The Bertz CT molecular complexity index is 1200. The number of fused-ring (bicyclic) bond motifs is 1. The maximum atomic E-state index is 13.0. The van der Waals surface area contributed by atoms with Crippen LogP contribution in [-0.4, -0.2) is 42.8 Å². The Morgan fingerprint density at radius 2 is 1.72 bits per heavy atom. The van der Waals surface area contributed by atoms with Crippen LogP contribution >= 0.6 is 0 Å². The number of methoxy groups -OCH3 is 1. The van der Waals surface area contributed by atoms with Crippen LogP contribution in [0.3, 0.4) is 0 Å². The highest BCUT2D eigenvalue weighted by Gasteiger charge is 2.32. The van der Waals surface area contributed by atoms with E-state index in [0.29, 0.717) is 24.1 Å². The number of carbonyl (C=O) groups excluding carboxylic acids is 3. The van der Waals surface area contributed by atoms with E-state index in [1.807, 2.05) is 47.4 Å². The summed E-state index contributed by atoms with van der Waals surface area (Å²) in [4.78, 5) is 42.1. The second-order valence-corrected chi connectivity index (χ2v) is 8.22. The number of hydrogen-bond donors (Lipinski definition) is 0. The number of amides is 3. The summed E-state index contributed by atoms with van der Waals surface area (Å²) >= 11 is 0. The molecule has 32 heavy (non-hydrogen) atoms. The average molecular weight is 428 g/mol. The number of benzene rings is 3. The van der Waals surface area contributed by atoms with Gasteiger partial charge in [-0.3, -0.25) is 19.3 Å². The molecule has 2 aliphatic rings. The van der Waals surface area contributed by atoms with Crippen molar-refractivity contribution in [1.29, 1.82) is 0 Å². The molecule has 0 radical (unpaired) electrons. The van der Waals surface area contributed by atoms with Crippen LogP contribution < -0.4 is 9.64 Å². The van der Waals surface area contributed by atoms with Gasteiger partial charge >= 0.3 is 0 Å². The molecule has 0 aromatic heterocycles. The molecular formula is C26H24N2O4. The van der Waals surface area contributed by atoms with E-state index in [1.54, 1.807) is 19.2 Å². The Kier molecular flexibility index (Phi) is 5.13. The first-order chi connectivity index (χ1) is 15.6. The fraction of sp³-hybridized carbons (Fsp3) is 0.269. The van der Waals surface area contributed by atoms with Crippen molar-refractivity contribution >= 4 is 34.2 Å². The van der Waals surface area contributed by atoms with E-state index >= 15 is 0 Å². The highest BCUT2D eigenvalue weighted by Crippen LogP contribution is 2.32. The number of rotatable bonds is 5. The SMILES string of the molecule is COc1ccc2c(c1)CCCN2C(=O)CCCN1C(=O)c2cccc3cccc(c23)C1=O. The molecule has 0 atom stereocenters. The summed E-state index contributed by atoms with van der Waals surface area (Å²) in [6.45, 7) is 0.895. The van der Waals surface area contributed by atoms with Crippen LogP contribution in [-0.2, 0) is 11.2 Å². The van der Waals surface area contributed by atoms with Crippen molar-refractivity contribution in [1.82, 2.24) is 4.90 Å². The minimum absolute atomic E-state index is 0.00975. The second-order valence-electron chi connectivity index (χ2n) is 8.22. The van der Waals surface area contributed by atoms with Gasteiger partial charge in [-0.15, -0.1) is 0 Å². The van der Waals surface area contributed by atoms with Gasteiger partial charge in [0.15, 0.2) is 0 Å². The van der Waals surface area contributed by atoms with Gasteiger partial charge in [0, 0.05) is 41.7 Å². The van der Waals surface area contributed by atoms with Gasteiger partial charge < -0.3 is 9.64 Å². The summed E-state index contributed by atoms with van der Waals surface area (Å²) in [5, 5.41) is 1.61. The van der Waals surface area contributed by atoms with Crippen molar-refractivity contribution < 1.29 is 19.1 Å². The quantitative estimate of drug-likeness (QED) is 0.571. The molecule has 6 heteroatoms. The molecule has 162 valence electrons. The van der Waals surface area contributed by atoms with Crippen molar-refractivity contribution in [3.63, 3.8) is 0 Å². The summed E-state index contributed by atoms with van der Waals surface area (Å²) in [6.07, 6.45) is 2.51. The van der Waals surface area contributed by atoms with Crippen LogP contribution in [0.4, 0.5) is 5.69 Å². The predicted octanol–water partition coefficient (Wildman–Crippen LogP) is 4.20. The summed E-state index contributed by atoms with van der Waals surface area (Å²) in [5.41, 5.74) is 3.12. The molecule has 0 unspecified atom stereocenters. The summed E-state index contributed by atoms with van der Waals surface area (Å²) < 4.78 is 5.30. The van der Waals surface area contributed by atoms with Gasteiger partial charge in [0.2, 0.25) is 5.91 Å². The number of hydrogen-bond acceptors (Lipinski definition) is 4. The standard InChI is InChI=1S/C26H24N2O4/c1-32-19-12-13-22-18(16-19)8-4-14-27(22)23(29)11-5-15-28-25(30)20-9-2-6-17-7-3-10-21(24(17)20)26(28)31/h2-3,6-7,9-10,12-13,16H,4-5,8,11,14-15H2,1H3. The number of ether oxygens (including phenoxy) is 1. The lowest BCUT2D eigenvalue weighted by atomic mass is 9.94. The normalized spacial score (nSPS) is 15.2. The van der Waals surface area contributed by atoms with Gasteiger partial charge in [-0.05, 0) is 60.5 Å². The lowest BCUT2D eigenvalue weighted by molar-refractivity contribution is -0.118. The maximum Gasteiger partial charge on any atom is 0.261 e. The minimum Gasteiger partial charge on any atom is -0.497 e. The van der Waals surface area contributed by atoms with Gasteiger partial charge in [-0.25, -0.2) is 0 Å². The summed E-state index contributed by atoms with van der Waals surface area (Å²) in [5.74, 6) is 0.218. The maximum absolute atomic E-state index is 13.0. The Hall–Kier alpha value is -3.67. The van der Waals surface area contributed by atoms with E-state index in [4.69, 9.17) is 4.74 Å². The largest absolute Gasteiger partial charge is 0.497 e. The minimum atomic E-state index is -0.290. The highest BCUT2D eigenvalue weighted by molar-refractivity contribution is 6.25. The Morgan fingerprint density at radius 3 is 2.41 bits per heavy atom. The Labute approximate surface area is 186 Å². The molecule has 2 heterocycles. The lowest BCUT2D eigenvalue weighted by Crippen LogP contribution is -2.41. The van der Waals surface area contributed by atoms with Crippen LogP contribution in [0.2, 0.25) is 0 Å². The average Bonchev–Trinajstić information content (AvgIpc) is 2.83. The van der Waals surface area contributed by atoms with Crippen molar-refractivity contribution in [2.75, 3.05) is 25.1 Å². The molecule has 0 N–H and O–H groups in total. The van der Waals surface area contributed by atoms with Crippen molar-refractivity contribution in [3.8, 4) is 5.75 Å². The zero-order valence-corrected chi connectivity index (χ0v) is 18.0. The number of anilines is 1. The molecule has 0 saturated heterocycles. The van der Waals surface area contributed by atoms with Crippen molar-refractivity contribution in [3.05, 3.63) is 71.3 Å². The van der Waals surface area contributed by atoms with E-state index in [0.717, 1.165) is 40.6 Å². The molecule has 6 nitrogen and oxygen atoms in total. The smallest absolute Gasteiger partial charge is 0.261 e. The number of imide groups is 1. The fourth-order valence-corrected chi connectivity index (χ4v) is 4.77. The van der Waals surface area contributed by atoms with Crippen molar-refractivity contribution in [2.45, 2.75) is 25.7 Å². The molecule has 0 aliphatic carbocycles. The van der Waals surface area contributed by atoms with E-state index < -0.39 is 0 Å². The monoisotopic (exact) mass is 428 g/mol. The van der Waals surface area contributed by atoms with Gasteiger partial charge in [0.25, 0.3) is 11.8 Å². The van der Waals surface area contributed by atoms with Gasteiger partial charge in [-0.1, -0.05) is 24.3 Å². The number of carbonyl (C=O) groups is 3. The zero-order chi connectivity index (χ0) is 22.2. The molecule has 3 amide bonds. The highest BCUT2D eigenvalue weighted by atomic mass is 16.5. The molecule has 3 aromatic rings. The van der Waals surface area contributed by atoms with Crippen LogP contribution in [0, 0.1) is 0 Å². The Balaban J connectivity index is 1.29. The number of nitrogens with zero attached hydrogens (tertiary/aromatic N) is 2. The van der Waals surface area contributed by atoms with E-state index in [1.165, 1.54) is 4.90 Å². The first kappa shape index (κ1) is 20.2. The molecule has 0 fully saturated rings. The van der Waals surface area contributed by atoms with Crippen LogP contribution in [0.15, 0.2) is 54.6 Å². The van der Waals surface area contributed by atoms with Crippen LogP contribution in [0.25, 0.3) is 10.8 Å². The van der Waals surface area contributed by atoms with Gasteiger partial charge in [0.05, 0.1) is 7.11 Å². The third-order valence-electron chi connectivity index (χ3n) is 6.33. The molecule has 0 bridgehead atoms. The first-order valence-electron chi connectivity index (χ1n) is 10.9. The predicted molar refractivity (Wildman–Crippen MR) is 122 cm³/mol. The topological polar surface area (TPSA) is 66.9 Å². The van der Waals surface area contributed by atoms with Crippen LogP contribution in [0.1, 0.15) is 45.5 Å². The van der Waals surface area contributed by atoms with E-state index in [9.17, 15) is 14.4 Å². The van der Waals surface area contributed by atoms with Gasteiger partial charge in [0.1, 0.15) is 5.75 Å². The first-order valence-corrected chi connectivity index (χ1v) is 10.9. The molecule has 0 spiro atoms. The lowest BCUT2D eigenvalue weighted by Gasteiger charge is -2.30. The molecule has 2 aliphatic heterocycles. The van der Waals surface area contributed by atoms with E-state index in [-0.39, 0.29) is 30.7 Å². The Morgan fingerprint density at radius 1 is 1.00 bits per heavy atom. The molecule has 3 aromatic carbocycles. The third-order valence-corrected chi connectivity index (χ3v) is 6.33. The van der Waals surface area contributed by atoms with Crippen LogP contribution in [0.5, 0.6) is 5.75 Å². The fourth-order valence-electron chi connectivity index (χ4n) is 4.77. The summed E-state index contributed by atoms with van der Waals surface area (Å²) in [7, 11) is 1.63. The summed E-state index contributed by atoms with van der Waals surface area (Å²) in [6, 6.07) is 16.8. The second kappa shape index (κ2) is 8.11. The molecular weight excluding hydrogens is 404 g/mol. The van der Waals surface area contributed by atoms with Crippen molar-refractivity contribution in [2.24, 2.45) is 0 Å². The number of aryl methyl sites for hydroxylation is 1. The van der Waals surface area contributed by atoms with E-state index in [2.05, 4.69) is 0 Å². The van der Waals surface area contributed by atoms with Gasteiger partial charge in [-0.2, -0.15) is 0 Å². The zero-order valence-electron chi connectivity index (χ0n) is 18.0. The third kappa shape index (κ3) is 3.32. The molecule has 5 rings (SSSR count).